The molecule has 0 saturated carbocycles. The van der Waals surface area contributed by atoms with Gasteiger partial charge in [0, 0.05) is 13.1 Å². The number of hydrogen-bond donors (Lipinski definition) is 0. The van der Waals surface area contributed by atoms with Gasteiger partial charge in [0.1, 0.15) is 34.1 Å². The number of aromatic nitrogens is 3. The summed E-state index contributed by atoms with van der Waals surface area (Å²) in [4.78, 5) is 41.0. The van der Waals surface area contributed by atoms with E-state index in [0.29, 0.717) is 22.6 Å². The average molecular weight is 528 g/mol. The predicted octanol–water partition coefficient (Wildman–Crippen LogP) is 4.46. The van der Waals surface area contributed by atoms with Crippen LogP contribution in [0.15, 0.2) is 87.2 Å². The SMILES string of the molecule is COc1ccc(Cn2c(=O)c3c(Oc4ccccc4C)cc(=O)n(C)c3n(-c3ccc(C)cc3F)c2=O)cc1. The van der Waals surface area contributed by atoms with Gasteiger partial charge in [-0.3, -0.25) is 18.7 Å². The fourth-order valence-corrected chi connectivity index (χ4v) is 4.49. The summed E-state index contributed by atoms with van der Waals surface area (Å²) in [5.74, 6) is 0.350. The standard InChI is InChI=1S/C30H26FN3O5/c1-18-9-14-23(22(31)15-18)34-28-27(25(16-26(35)32(28)3)39-24-8-6-5-7-19(24)2)29(36)33(30(34)37)17-20-10-12-21(38-4)13-11-20/h5-16H,17H2,1-4H3. The maximum atomic E-state index is 15.3. The van der Waals surface area contributed by atoms with Gasteiger partial charge in [-0.15, -0.1) is 0 Å². The molecular weight excluding hydrogens is 501 g/mol. The molecule has 0 fully saturated rings. The third-order valence-electron chi connectivity index (χ3n) is 6.62. The molecule has 5 aromatic rings. The second-order valence-electron chi connectivity index (χ2n) is 9.28. The first-order chi connectivity index (χ1) is 18.7. The van der Waals surface area contributed by atoms with Crippen LogP contribution in [-0.2, 0) is 13.6 Å². The maximum Gasteiger partial charge on any atom is 0.337 e. The first-order valence-electron chi connectivity index (χ1n) is 12.2. The van der Waals surface area contributed by atoms with Gasteiger partial charge in [-0.1, -0.05) is 36.4 Å². The molecule has 0 aliphatic rings. The lowest BCUT2D eigenvalue weighted by molar-refractivity contribution is 0.414. The topological polar surface area (TPSA) is 84.5 Å². The van der Waals surface area contributed by atoms with E-state index in [9.17, 15) is 14.4 Å². The monoisotopic (exact) mass is 527 g/mol. The van der Waals surface area contributed by atoms with Gasteiger partial charge in [0.25, 0.3) is 11.1 Å². The Hall–Kier alpha value is -4.92. The molecule has 0 saturated heterocycles. The van der Waals surface area contributed by atoms with Crippen LogP contribution in [0.2, 0.25) is 0 Å². The number of halogens is 1. The summed E-state index contributed by atoms with van der Waals surface area (Å²) >= 11 is 0. The number of aryl methyl sites for hydroxylation is 3. The van der Waals surface area contributed by atoms with E-state index in [1.807, 2.05) is 19.1 Å². The normalized spacial score (nSPS) is 11.1. The minimum atomic E-state index is -0.797. The molecule has 0 N–H and O–H groups in total. The highest BCUT2D eigenvalue weighted by atomic mass is 19.1. The number of benzene rings is 3. The van der Waals surface area contributed by atoms with E-state index in [0.717, 1.165) is 19.3 Å². The zero-order chi connectivity index (χ0) is 27.8. The van der Waals surface area contributed by atoms with E-state index in [2.05, 4.69) is 0 Å². The molecule has 0 aliphatic carbocycles. The van der Waals surface area contributed by atoms with Crippen molar-refractivity contribution in [3.05, 3.63) is 126 Å². The minimum absolute atomic E-state index is 0.0304. The van der Waals surface area contributed by atoms with Gasteiger partial charge in [-0.05, 0) is 60.9 Å². The number of pyridine rings is 1. The van der Waals surface area contributed by atoms with Crippen molar-refractivity contribution < 1.29 is 13.9 Å². The molecule has 2 heterocycles. The molecule has 0 spiro atoms. The number of fused-ring (bicyclic) bond motifs is 1. The van der Waals surface area contributed by atoms with Crippen molar-refractivity contribution in [2.45, 2.75) is 20.4 Å². The molecule has 2 aromatic heterocycles. The fraction of sp³-hybridized carbons (Fsp3) is 0.167. The van der Waals surface area contributed by atoms with E-state index in [1.165, 1.54) is 32.4 Å². The maximum absolute atomic E-state index is 15.3. The molecule has 0 bridgehead atoms. The second-order valence-corrected chi connectivity index (χ2v) is 9.28. The minimum Gasteiger partial charge on any atom is -0.497 e. The van der Waals surface area contributed by atoms with E-state index < -0.39 is 22.6 Å². The molecule has 0 atom stereocenters. The zero-order valence-electron chi connectivity index (χ0n) is 21.9. The number of methoxy groups -OCH3 is 1. The Morgan fingerprint density at radius 2 is 1.59 bits per heavy atom. The van der Waals surface area contributed by atoms with Crippen LogP contribution in [0.25, 0.3) is 16.7 Å². The molecule has 39 heavy (non-hydrogen) atoms. The second kappa shape index (κ2) is 10.1. The summed E-state index contributed by atoms with van der Waals surface area (Å²) in [6.07, 6.45) is 0. The fourth-order valence-electron chi connectivity index (χ4n) is 4.49. The highest BCUT2D eigenvalue weighted by molar-refractivity contribution is 5.83. The number of rotatable bonds is 6. The number of hydrogen-bond acceptors (Lipinski definition) is 5. The van der Waals surface area contributed by atoms with Crippen molar-refractivity contribution in [1.82, 2.24) is 13.7 Å². The summed E-state index contributed by atoms with van der Waals surface area (Å²) in [7, 11) is 2.97. The van der Waals surface area contributed by atoms with Gasteiger partial charge >= 0.3 is 5.69 Å². The third-order valence-corrected chi connectivity index (χ3v) is 6.62. The molecule has 9 heteroatoms. The molecular formula is C30H26FN3O5. The van der Waals surface area contributed by atoms with Crippen molar-refractivity contribution in [1.29, 1.82) is 0 Å². The Balaban J connectivity index is 1.88. The smallest absolute Gasteiger partial charge is 0.337 e. The van der Waals surface area contributed by atoms with E-state index in [1.54, 1.807) is 49.4 Å². The molecule has 5 rings (SSSR count). The van der Waals surface area contributed by atoms with E-state index in [-0.39, 0.29) is 29.0 Å². The highest BCUT2D eigenvalue weighted by Crippen LogP contribution is 2.29. The Morgan fingerprint density at radius 1 is 0.872 bits per heavy atom. The molecule has 0 unspecified atom stereocenters. The van der Waals surface area contributed by atoms with E-state index >= 15 is 4.39 Å². The molecule has 198 valence electrons. The van der Waals surface area contributed by atoms with Crippen molar-refractivity contribution in [3.63, 3.8) is 0 Å². The summed E-state index contributed by atoms with van der Waals surface area (Å²) in [6, 6.07) is 19.7. The molecule has 0 aliphatic heterocycles. The molecule has 0 radical (unpaired) electrons. The van der Waals surface area contributed by atoms with Crippen LogP contribution in [0.4, 0.5) is 4.39 Å². The Bertz CT molecular complexity index is 1900. The van der Waals surface area contributed by atoms with Crippen LogP contribution >= 0.6 is 0 Å². The quantitative estimate of drug-likeness (QED) is 0.326. The van der Waals surface area contributed by atoms with Crippen molar-refractivity contribution in [3.8, 4) is 22.9 Å². The first kappa shape index (κ1) is 25.7. The number of para-hydroxylation sites is 1. The molecule has 0 amide bonds. The lowest BCUT2D eigenvalue weighted by Crippen LogP contribution is -2.42. The van der Waals surface area contributed by atoms with Gasteiger partial charge in [0.05, 0.1) is 19.3 Å². The highest BCUT2D eigenvalue weighted by Gasteiger charge is 2.23. The summed E-state index contributed by atoms with van der Waals surface area (Å²) in [6.45, 7) is 3.46. The average Bonchev–Trinajstić information content (AvgIpc) is 2.91. The predicted molar refractivity (Wildman–Crippen MR) is 147 cm³/mol. The first-order valence-corrected chi connectivity index (χ1v) is 12.2. The van der Waals surface area contributed by atoms with Crippen molar-refractivity contribution in [2.24, 2.45) is 7.05 Å². The third kappa shape index (κ3) is 4.63. The van der Waals surface area contributed by atoms with Crippen molar-refractivity contribution >= 4 is 11.0 Å². The Morgan fingerprint density at radius 3 is 2.26 bits per heavy atom. The van der Waals surface area contributed by atoms with Crippen LogP contribution in [0.1, 0.15) is 16.7 Å². The Labute approximate surface area is 222 Å². The Kier molecular flexibility index (Phi) is 6.66. The number of nitrogens with zero attached hydrogens (tertiary/aromatic N) is 3. The van der Waals surface area contributed by atoms with Gasteiger partial charge in [0.15, 0.2) is 0 Å². The summed E-state index contributed by atoms with van der Waals surface area (Å²) in [5, 5.41) is -0.0339. The van der Waals surface area contributed by atoms with Gasteiger partial charge in [0.2, 0.25) is 0 Å². The van der Waals surface area contributed by atoms with Crippen LogP contribution in [0.5, 0.6) is 17.2 Å². The largest absolute Gasteiger partial charge is 0.497 e. The van der Waals surface area contributed by atoms with Crippen LogP contribution in [0.3, 0.4) is 0 Å². The lowest BCUT2D eigenvalue weighted by atomic mass is 10.2. The molecule has 8 nitrogen and oxygen atoms in total. The molecule has 3 aromatic carbocycles. The summed E-state index contributed by atoms with van der Waals surface area (Å²) in [5.41, 5.74) is -0.0873. The van der Waals surface area contributed by atoms with E-state index in [4.69, 9.17) is 9.47 Å². The van der Waals surface area contributed by atoms with Gasteiger partial charge in [-0.25, -0.2) is 13.8 Å². The lowest BCUT2D eigenvalue weighted by Gasteiger charge is -2.19. The van der Waals surface area contributed by atoms with Crippen molar-refractivity contribution in [2.75, 3.05) is 7.11 Å². The zero-order valence-corrected chi connectivity index (χ0v) is 21.9. The number of ether oxygens (including phenoxy) is 2. The van der Waals surface area contributed by atoms with Crippen LogP contribution in [0, 0.1) is 19.7 Å². The van der Waals surface area contributed by atoms with Crippen LogP contribution < -0.4 is 26.3 Å². The van der Waals surface area contributed by atoms with Gasteiger partial charge < -0.3 is 9.47 Å². The summed E-state index contributed by atoms with van der Waals surface area (Å²) < 4.78 is 29.9. The van der Waals surface area contributed by atoms with Crippen LogP contribution in [-0.4, -0.2) is 20.8 Å². The van der Waals surface area contributed by atoms with Gasteiger partial charge in [-0.2, -0.15) is 0 Å².